The van der Waals surface area contributed by atoms with E-state index in [0.29, 0.717) is 11.8 Å². The fourth-order valence-electron chi connectivity index (χ4n) is 4.04. The van der Waals surface area contributed by atoms with E-state index in [1.807, 2.05) is 0 Å². The minimum absolute atomic E-state index is 0.0549. The number of aromatic nitrogens is 2. The molecule has 1 aromatic rings. The zero-order chi connectivity index (χ0) is 14.7. The van der Waals surface area contributed by atoms with E-state index >= 15 is 0 Å². The molecule has 0 aliphatic heterocycles. The smallest absolute Gasteiger partial charge is 0.232 e. The van der Waals surface area contributed by atoms with Crippen molar-refractivity contribution in [2.24, 2.45) is 5.92 Å². The van der Waals surface area contributed by atoms with Gasteiger partial charge in [-0.05, 0) is 31.6 Å². The van der Waals surface area contributed by atoms with Crippen LogP contribution in [-0.2, 0) is 0 Å². The summed E-state index contributed by atoms with van der Waals surface area (Å²) in [5.74, 6) is 2.90. The van der Waals surface area contributed by atoms with Crippen molar-refractivity contribution in [1.29, 1.82) is 0 Å². The highest BCUT2D eigenvalue weighted by atomic mass is 16.5. The molecule has 3 rings (SSSR count). The predicted molar refractivity (Wildman–Crippen MR) is 81.1 cm³/mol. The van der Waals surface area contributed by atoms with E-state index in [-0.39, 0.29) is 12.0 Å². The molecule has 0 aromatic carbocycles. The van der Waals surface area contributed by atoms with Crippen molar-refractivity contribution < 1.29 is 9.63 Å². The van der Waals surface area contributed by atoms with Crippen molar-refractivity contribution in [2.45, 2.75) is 89.1 Å². The lowest BCUT2D eigenvalue weighted by Crippen LogP contribution is -2.18. The number of hydrogen-bond acceptors (Lipinski definition) is 4. The maximum atomic E-state index is 10.3. The van der Waals surface area contributed by atoms with Gasteiger partial charge in [0, 0.05) is 5.92 Å². The summed E-state index contributed by atoms with van der Waals surface area (Å²) in [6.45, 7) is 2.27. The Bertz CT molecular complexity index is 446. The van der Waals surface area contributed by atoms with Gasteiger partial charge >= 0.3 is 0 Å². The third kappa shape index (κ3) is 3.47. The molecule has 4 unspecified atom stereocenters. The van der Waals surface area contributed by atoms with Gasteiger partial charge in [0.05, 0.1) is 12.0 Å². The molecule has 2 aliphatic rings. The molecule has 2 aliphatic carbocycles. The first-order valence-corrected chi connectivity index (χ1v) is 8.79. The standard InChI is InChI=1S/C17H28N2O2/c1-2-12-7-6-8-13(11-12)16-18-17(21-19-16)14-9-4-3-5-10-15(14)20/h12-15,20H,2-11H2,1H3. The molecule has 1 aromatic heterocycles. The summed E-state index contributed by atoms with van der Waals surface area (Å²) in [6.07, 6.45) is 11.3. The summed E-state index contributed by atoms with van der Waals surface area (Å²) in [5, 5.41) is 14.5. The highest BCUT2D eigenvalue weighted by Gasteiger charge is 2.31. The number of aliphatic hydroxyl groups excluding tert-OH is 1. The molecule has 0 amide bonds. The normalized spacial score (nSPS) is 34.6. The zero-order valence-electron chi connectivity index (χ0n) is 13.1. The summed E-state index contributed by atoms with van der Waals surface area (Å²) in [5.41, 5.74) is 0. The quantitative estimate of drug-likeness (QED) is 0.850. The Hall–Kier alpha value is -0.900. The molecule has 4 nitrogen and oxygen atoms in total. The lowest BCUT2D eigenvalue weighted by molar-refractivity contribution is 0.119. The van der Waals surface area contributed by atoms with Crippen LogP contribution in [0.1, 0.15) is 94.7 Å². The van der Waals surface area contributed by atoms with Crippen LogP contribution in [0, 0.1) is 5.92 Å². The molecule has 2 fully saturated rings. The van der Waals surface area contributed by atoms with Gasteiger partial charge < -0.3 is 9.63 Å². The highest BCUT2D eigenvalue weighted by Crippen LogP contribution is 2.37. The second-order valence-corrected chi connectivity index (χ2v) is 6.94. The number of rotatable bonds is 3. The fourth-order valence-corrected chi connectivity index (χ4v) is 4.04. The van der Waals surface area contributed by atoms with E-state index in [1.54, 1.807) is 0 Å². The Morgan fingerprint density at radius 3 is 2.81 bits per heavy atom. The molecule has 118 valence electrons. The molecule has 0 radical (unpaired) electrons. The fraction of sp³-hybridized carbons (Fsp3) is 0.882. The van der Waals surface area contributed by atoms with Gasteiger partial charge in [-0.25, -0.2) is 0 Å². The molecule has 4 atom stereocenters. The Kier molecular flexibility index (Phi) is 4.94. The van der Waals surface area contributed by atoms with E-state index in [0.717, 1.165) is 37.4 Å². The number of nitrogens with zero attached hydrogens (tertiary/aromatic N) is 2. The Morgan fingerprint density at radius 2 is 1.95 bits per heavy atom. The van der Waals surface area contributed by atoms with Crippen LogP contribution in [0.2, 0.25) is 0 Å². The molecule has 1 N–H and O–H groups in total. The van der Waals surface area contributed by atoms with Crippen LogP contribution in [0.3, 0.4) is 0 Å². The molecule has 0 bridgehead atoms. The van der Waals surface area contributed by atoms with Crippen LogP contribution < -0.4 is 0 Å². The van der Waals surface area contributed by atoms with Crippen LogP contribution in [0.25, 0.3) is 0 Å². The van der Waals surface area contributed by atoms with Crippen molar-refractivity contribution in [2.75, 3.05) is 0 Å². The van der Waals surface area contributed by atoms with E-state index in [2.05, 4.69) is 17.1 Å². The van der Waals surface area contributed by atoms with Gasteiger partial charge in [-0.3, -0.25) is 0 Å². The van der Waals surface area contributed by atoms with Crippen LogP contribution in [-0.4, -0.2) is 21.4 Å². The molecule has 2 saturated carbocycles. The van der Waals surface area contributed by atoms with E-state index in [4.69, 9.17) is 4.52 Å². The van der Waals surface area contributed by atoms with Crippen molar-refractivity contribution in [3.05, 3.63) is 11.7 Å². The molecular formula is C17H28N2O2. The van der Waals surface area contributed by atoms with Crippen LogP contribution in [0.15, 0.2) is 4.52 Å². The zero-order valence-corrected chi connectivity index (χ0v) is 13.1. The maximum Gasteiger partial charge on any atom is 0.232 e. The third-order valence-electron chi connectivity index (χ3n) is 5.48. The minimum atomic E-state index is -0.310. The van der Waals surface area contributed by atoms with Crippen molar-refractivity contribution >= 4 is 0 Å². The first-order valence-electron chi connectivity index (χ1n) is 8.79. The Labute approximate surface area is 127 Å². The monoisotopic (exact) mass is 292 g/mol. The van der Waals surface area contributed by atoms with Gasteiger partial charge in [0.1, 0.15) is 0 Å². The van der Waals surface area contributed by atoms with Gasteiger partial charge in [-0.1, -0.05) is 50.6 Å². The average Bonchev–Trinajstić information content (AvgIpc) is 2.90. The van der Waals surface area contributed by atoms with E-state index in [9.17, 15) is 5.11 Å². The third-order valence-corrected chi connectivity index (χ3v) is 5.48. The summed E-state index contributed by atoms with van der Waals surface area (Å²) in [4.78, 5) is 4.68. The Balaban J connectivity index is 1.70. The van der Waals surface area contributed by atoms with Crippen LogP contribution in [0.4, 0.5) is 0 Å². The minimum Gasteiger partial charge on any atom is -0.392 e. The molecule has 4 heteroatoms. The largest absolute Gasteiger partial charge is 0.392 e. The number of aliphatic hydroxyl groups is 1. The molecule has 21 heavy (non-hydrogen) atoms. The van der Waals surface area contributed by atoms with Gasteiger partial charge in [-0.15, -0.1) is 0 Å². The second-order valence-electron chi connectivity index (χ2n) is 6.94. The summed E-state index contributed by atoms with van der Waals surface area (Å²) >= 11 is 0. The molecule has 1 heterocycles. The molecular weight excluding hydrogens is 264 g/mol. The molecule has 0 spiro atoms. The lowest BCUT2D eigenvalue weighted by Gasteiger charge is -2.26. The summed E-state index contributed by atoms with van der Waals surface area (Å²) < 4.78 is 5.53. The van der Waals surface area contributed by atoms with Gasteiger partial charge in [0.2, 0.25) is 5.89 Å². The highest BCUT2D eigenvalue weighted by molar-refractivity contribution is 5.03. The van der Waals surface area contributed by atoms with Crippen LogP contribution >= 0.6 is 0 Å². The first-order chi connectivity index (χ1) is 10.3. The van der Waals surface area contributed by atoms with Crippen molar-refractivity contribution in [3.63, 3.8) is 0 Å². The van der Waals surface area contributed by atoms with Gasteiger partial charge in [0.15, 0.2) is 5.82 Å². The summed E-state index contributed by atoms with van der Waals surface area (Å²) in [6, 6.07) is 0. The van der Waals surface area contributed by atoms with E-state index < -0.39 is 0 Å². The maximum absolute atomic E-state index is 10.3. The first kappa shape index (κ1) is 15.0. The average molecular weight is 292 g/mol. The Morgan fingerprint density at radius 1 is 1.10 bits per heavy atom. The van der Waals surface area contributed by atoms with Crippen molar-refractivity contribution in [1.82, 2.24) is 10.1 Å². The number of hydrogen-bond donors (Lipinski definition) is 1. The van der Waals surface area contributed by atoms with Crippen molar-refractivity contribution in [3.8, 4) is 0 Å². The van der Waals surface area contributed by atoms with E-state index in [1.165, 1.54) is 38.5 Å². The topological polar surface area (TPSA) is 59.2 Å². The molecule has 0 saturated heterocycles. The van der Waals surface area contributed by atoms with Gasteiger partial charge in [0.25, 0.3) is 0 Å². The predicted octanol–water partition coefficient (Wildman–Crippen LogP) is 4.16. The van der Waals surface area contributed by atoms with Gasteiger partial charge in [-0.2, -0.15) is 4.98 Å². The lowest BCUT2D eigenvalue weighted by atomic mass is 9.80. The SMILES string of the molecule is CCC1CCCC(c2noc(C3CCCCCC3O)n2)C1. The van der Waals surface area contributed by atoms with Crippen LogP contribution in [0.5, 0.6) is 0 Å². The second kappa shape index (κ2) is 6.91. The summed E-state index contributed by atoms with van der Waals surface area (Å²) in [7, 11) is 0.